The first kappa shape index (κ1) is 21.3. The van der Waals surface area contributed by atoms with E-state index < -0.39 is 5.97 Å². The summed E-state index contributed by atoms with van der Waals surface area (Å²) in [4.78, 5) is 12.8. The number of carboxylic acid groups (broad SMARTS) is 1. The summed E-state index contributed by atoms with van der Waals surface area (Å²) in [6.45, 7) is 6.29. The summed E-state index contributed by atoms with van der Waals surface area (Å²) in [6, 6.07) is 12.0. The summed E-state index contributed by atoms with van der Waals surface area (Å²) in [5, 5.41) is 9.42. The predicted molar refractivity (Wildman–Crippen MR) is 110 cm³/mol. The number of unbranched alkanes of at least 4 members (excludes halogenated alkanes) is 1. The molecule has 4 nitrogen and oxygen atoms in total. The minimum atomic E-state index is -0.726. The van der Waals surface area contributed by atoms with Gasteiger partial charge in [0, 0.05) is 23.6 Å². The SMILES string of the molecule is Cc1cc(CN(C)CCCCC(=O)O)cc(C)c1OCc1ccccc1Cl. The van der Waals surface area contributed by atoms with Crippen molar-refractivity contribution in [2.75, 3.05) is 13.6 Å². The average molecular weight is 390 g/mol. The van der Waals surface area contributed by atoms with Crippen LogP contribution in [0.5, 0.6) is 5.75 Å². The Kier molecular flexibility index (Phi) is 8.14. The fraction of sp³-hybridized carbons (Fsp3) is 0.409. The first-order valence-electron chi connectivity index (χ1n) is 9.23. The van der Waals surface area contributed by atoms with Crippen LogP contribution >= 0.6 is 11.6 Å². The summed E-state index contributed by atoms with van der Waals surface area (Å²) in [7, 11) is 2.06. The van der Waals surface area contributed by atoms with Crippen LogP contribution in [-0.2, 0) is 17.9 Å². The molecule has 0 fully saturated rings. The van der Waals surface area contributed by atoms with Crippen LogP contribution in [-0.4, -0.2) is 29.6 Å². The molecule has 146 valence electrons. The monoisotopic (exact) mass is 389 g/mol. The molecule has 0 aliphatic heterocycles. The highest BCUT2D eigenvalue weighted by Crippen LogP contribution is 2.27. The van der Waals surface area contributed by atoms with Crippen molar-refractivity contribution >= 4 is 17.6 Å². The number of benzene rings is 2. The first-order valence-corrected chi connectivity index (χ1v) is 9.61. The van der Waals surface area contributed by atoms with E-state index in [9.17, 15) is 4.79 Å². The molecule has 0 saturated carbocycles. The van der Waals surface area contributed by atoms with E-state index in [1.165, 1.54) is 5.56 Å². The molecular weight excluding hydrogens is 362 g/mol. The van der Waals surface area contributed by atoms with Crippen LogP contribution in [0.2, 0.25) is 5.02 Å². The van der Waals surface area contributed by atoms with Crippen molar-refractivity contribution in [2.45, 2.75) is 46.3 Å². The second-order valence-corrected chi connectivity index (χ2v) is 7.43. The molecule has 0 saturated heterocycles. The summed E-state index contributed by atoms with van der Waals surface area (Å²) in [5.41, 5.74) is 4.42. The number of aryl methyl sites for hydroxylation is 2. The van der Waals surface area contributed by atoms with Gasteiger partial charge in [-0.25, -0.2) is 0 Å². The zero-order valence-corrected chi connectivity index (χ0v) is 17.1. The molecule has 0 radical (unpaired) electrons. The Labute approximate surface area is 166 Å². The highest BCUT2D eigenvalue weighted by molar-refractivity contribution is 6.31. The van der Waals surface area contributed by atoms with E-state index in [1.807, 2.05) is 24.3 Å². The van der Waals surface area contributed by atoms with Gasteiger partial charge in [0.1, 0.15) is 12.4 Å². The maximum atomic E-state index is 10.6. The van der Waals surface area contributed by atoms with Crippen molar-refractivity contribution in [3.63, 3.8) is 0 Å². The topological polar surface area (TPSA) is 49.8 Å². The Morgan fingerprint density at radius 3 is 2.44 bits per heavy atom. The minimum absolute atomic E-state index is 0.240. The van der Waals surface area contributed by atoms with Gasteiger partial charge in [0.25, 0.3) is 0 Å². The molecule has 0 aliphatic carbocycles. The summed E-state index contributed by atoms with van der Waals surface area (Å²) < 4.78 is 6.04. The van der Waals surface area contributed by atoms with E-state index in [2.05, 4.69) is 37.9 Å². The second-order valence-electron chi connectivity index (χ2n) is 7.03. The van der Waals surface area contributed by atoms with E-state index in [0.29, 0.717) is 18.1 Å². The third-order valence-electron chi connectivity index (χ3n) is 4.48. The van der Waals surface area contributed by atoms with Gasteiger partial charge in [0.05, 0.1) is 0 Å². The number of halogens is 1. The van der Waals surface area contributed by atoms with Crippen LogP contribution in [0, 0.1) is 13.8 Å². The van der Waals surface area contributed by atoms with Gasteiger partial charge in [-0.2, -0.15) is 0 Å². The van der Waals surface area contributed by atoms with Crippen molar-refractivity contribution in [2.24, 2.45) is 0 Å². The van der Waals surface area contributed by atoms with Gasteiger partial charge in [-0.1, -0.05) is 41.9 Å². The minimum Gasteiger partial charge on any atom is -0.488 e. The Morgan fingerprint density at radius 2 is 1.81 bits per heavy atom. The maximum absolute atomic E-state index is 10.6. The molecule has 2 rings (SSSR count). The van der Waals surface area contributed by atoms with Gasteiger partial charge in [-0.05, 0) is 63.0 Å². The van der Waals surface area contributed by atoms with Crippen molar-refractivity contribution in [1.29, 1.82) is 0 Å². The lowest BCUT2D eigenvalue weighted by Gasteiger charge is -2.19. The second kappa shape index (κ2) is 10.3. The number of hydrogen-bond acceptors (Lipinski definition) is 3. The molecule has 2 aromatic rings. The molecule has 0 unspecified atom stereocenters. The van der Waals surface area contributed by atoms with Gasteiger partial charge >= 0.3 is 5.97 Å². The number of rotatable bonds is 10. The molecule has 2 aromatic carbocycles. The molecule has 0 atom stereocenters. The highest BCUT2D eigenvalue weighted by Gasteiger charge is 2.10. The zero-order chi connectivity index (χ0) is 19.8. The third-order valence-corrected chi connectivity index (χ3v) is 4.85. The lowest BCUT2D eigenvalue weighted by atomic mass is 10.0. The van der Waals surface area contributed by atoms with Crippen LogP contribution < -0.4 is 4.74 Å². The Hall–Kier alpha value is -2.04. The van der Waals surface area contributed by atoms with Crippen molar-refractivity contribution < 1.29 is 14.6 Å². The van der Waals surface area contributed by atoms with Gasteiger partial charge in [0.2, 0.25) is 0 Å². The molecule has 0 aromatic heterocycles. The quantitative estimate of drug-likeness (QED) is 0.566. The number of nitrogens with zero attached hydrogens (tertiary/aromatic N) is 1. The van der Waals surface area contributed by atoms with E-state index in [1.54, 1.807) is 0 Å². The lowest BCUT2D eigenvalue weighted by molar-refractivity contribution is -0.137. The molecule has 0 aliphatic rings. The van der Waals surface area contributed by atoms with E-state index in [-0.39, 0.29) is 6.42 Å². The number of carboxylic acids is 1. The van der Waals surface area contributed by atoms with Crippen LogP contribution in [0.3, 0.4) is 0 Å². The van der Waals surface area contributed by atoms with Crippen LogP contribution in [0.25, 0.3) is 0 Å². The molecule has 27 heavy (non-hydrogen) atoms. The average Bonchev–Trinajstić information content (AvgIpc) is 2.59. The number of ether oxygens (including phenoxy) is 1. The van der Waals surface area contributed by atoms with Gasteiger partial charge in [0.15, 0.2) is 0 Å². The third kappa shape index (κ3) is 6.89. The molecule has 0 heterocycles. The Morgan fingerprint density at radius 1 is 1.15 bits per heavy atom. The molecular formula is C22H28ClNO3. The van der Waals surface area contributed by atoms with Crippen molar-refractivity contribution in [1.82, 2.24) is 4.90 Å². The largest absolute Gasteiger partial charge is 0.488 e. The van der Waals surface area contributed by atoms with Gasteiger partial charge in [-0.3, -0.25) is 4.79 Å². The molecule has 0 amide bonds. The molecule has 1 N–H and O–H groups in total. The van der Waals surface area contributed by atoms with E-state index in [4.69, 9.17) is 21.4 Å². The van der Waals surface area contributed by atoms with Crippen LogP contribution in [0.1, 0.15) is 41.5 Å². The maximum Gasteiger partial charge on any atom is 0.303 e. The molecule has 5 heteroatoms. The predicted octanol–water partition coefficient (Wildman–Crippen LogP) is 5.22. The van der Waals surface area contributed by atoms with Crippen molar-refractivity contribution in [3.05, 3.63) is 63.7 Å². The standard InChI is InChI=1S/C22H28ClNO3/c1-16-12-18(14-24(3)11-7-6-10-21(25)26)13-17(2)22(16)27-15-19-8-4-5-9-20(19)23/h4-5,8-9,12-13H,6-7,10-11,14-15H2,1-3H3,(H,25,26). The van der Waals surface area contributed by atoms with Crippen molar-refractivity contribution in [3.8, 4) is 5.75 Å². The Bertz CT molecular complexity index is 753. The van der Waals surface area contributed by atoms with E-state index >= 15 is 0 Å². The van der Waals surface area contributed by atoms with Gasteiger partial charge < -0.3 is 14.7 Å². The first-order chi connectivity index (χ1) is 12.9. The van der Waals surface area contributed by atoms with E-state index in [0.717, 1.165) is 42.0 Å². The lowest BCUT2D eigenvalue weighted by Crippen LogP contribution is -2.19. The van der Waals surface area contributed by atoms with Gasteiger partial charge in [-0.15, -0.1) is 0 Å². The van der Waals surface area contributed by atoms with Crippen LogP contribution in [0.4, 0.5) is 0 Å². The smallest absolute Gasteiger partial charge is 0.303 e. The fourth-order valence-corrected chi connectivity index (χ4v) is 3.36. The summed E-state index contributed by atoms with van der Waals surface area (Å²) in [5.74, 6) is 0.180. The number of carbonyl (C=O) groups is 1. The number of aliphatic carboxylic acids is 1. The Balaban J connectivity index is 1.93. The highest BCUT2D eigenvalue weighted by atomic mass is 35.5. The normalized spacial score (nSPS) is 11.0. The van der Waals surface area contributed by atoms with Crippen LogP contribution in [0.15, 0.2) is 36.4 Å². The summed E-state index contributed by atoms with van der Waals surface area (Å²) in [6.07, 6.45) is 1.84. The fourth-order valence-electron chi connectivity index (χ4n) is 3.17. The zero-order valence-electron chi connectivity index (χ0n) is 16.3. The molecule has 0 bridgehead atoms. The molecule has 0 spiro atoms. The number of hydrogen-bond donors (Lipinski definition) is 1. The summed E-state index contributed by atoms with van der Waals surface area (Å²) >= 11 is 6.20.